The van der Waals surface area contributed by atoms with Crippen LogP contribution in [-0.2, 0) is 4.74 Å². The van der Waals surface area contributed by atoms with Crippen molar-refractivity contribution >= 4 is 49.1 Å². The predicted molar refractivity (Wildman–Crippen MR) is 72.8 cm³/mol. The Morgan fingerprint density at radius 2 is 2.38 bits per heavy atom. The lowest BCUT2D eigenvalue weighted by atomic mass is 10.3. The highest BCUT2D eigenvalue weighted by atomic mass is 79.9. The van der Waals surface area contributed by atoms with Gasteiger partial charge in [0.2, 0.25) is 0 Å². The molecule has 0 aliphatic carbocycles. The molecule has 88 valence electrons. The van der Waals surface area contributed by atoms with Crippen LogP contribution in [0.5, 0.6) is 0 Å². The van der Waals surface area contributed by atoms with E-state index in [1.54, 1.807) is 6.07 Å². The number of thiophene rings is 1. The molecule has 1 N–H and O–H groups in total. The summed E-state index contributed by atoms with van der Waals surface area (Å²) < 4.78 is 6.71. The number of amides is 1. The van der Waals surface area contributed by atoms with Crippen molar-refractivity contribution in [3.63, 3.8) is 0 Å². The molecule has 3 nitrogen and oxygen atoms in total. The molecule has 0 atom stereocenters. The van der Waals surface area contributed by atoms with E-state index >= 15 is 0 Å². The summed E-state index contributed by atoms with van der Waals surface area (Å²) in [5.74, 6) is -0.0765. The van der Waals surface area contributed by atoms with E-state index in [1.807, 2.05) is 0 Å². The number of carbonyl (C=O) groups is 1. The lowest BCUT2D eigenvalue weighted by molar-refractivity contribution is 0.0950. The van der Waals surface area contributed by atoms with E-state index in [2.05, 4.69) is 43.8 Å². The number of halogens is 2. The normalized spacial score (nSPS) is 9.88. The van der Waals surface area contributed by atoms with Gasteiger partial charge in [-0.1, -0.05) is 6.58 Å². The smallest absolute Gasteiger partial charge is 0.253 e. The summed E-state index contributed by atoms with van der Waals surface area (Å²) in [5, 5.41) is 2.81. The molecule has 0 bridgehead atoms. The Hall–Kier alpha value is -0.330. The van der Waals surface area contributed by atoms with Crippen LogP contribution in [0.2, 0.25) is 0 Å². The highest BCUT2D eigenvalue weighted by Gasteiger charge is 2.12. The van der Waals surface area contributed by atoms with Gasteiger partial charge in [-0.15, -0.1) is 11.3 Å². The highest BCUT2D eigenvalue weighted by molar-refractivity contribution is 9.12. The van der Waals surface area contributed by atoms with Crippen LogP contribution in [0.1, 0.15) is 16.8 Å². The van der Waals surface area contributed by atoms with E-state index in [0.29, 0.717) is 18.7 Å². The minimum absolute atomic E-state index is 0.0765. The molecule has 16 heavy (non-hydrogen) atoms. The standard InChI is InChI=1S/C10H11Br2NO2S/c1-2-15-5-3-4-13-10(14)7-6-8(11)16-9(7)12/h2,6H,1,3-5H2,(H,13,14). The van der Waals surface area contributed by atoms with Gasteiger partial charge < -0.3 is 10.1 Å². The fourth-order valence-corrected chi connectivity index (χ4v) is 3.82. The second-order valence-corrected chi connectivity index (χ2v) is 6.63. The maximum absolute atomic E-state index is 11.7. The van der Waals surface area contributed by atoms with Gasteiger partial charge >= 0.3 is 0 Å². The average Bonchev–Trinajstić information content (AvgIpc) is 2.57. The monoisotopic (exact) mass is 367 g/mol. The third-order valence-electron chi connectivity index (χ3n) is 1.74. The van der Waals surface area contributed by atoms with Crippen LogP contribution in [0.25, 0.3) is 0 Å². The van der Waals surface area contributed by atoms with E-state index in [-0.39, 0.29) is 5.91 Å². The molecule has 0 aliphatic heterocycles. The Morgan fingerprint density at radius 3 is 2.94 bits per heavy atom. The molecule has 0 radical (unpaired) electrons. The van der Waals surface area contributed by atoms with Crippen molar-refractivity contribution in [3.8, 4) is 0 Å². The summed E-state index contributed by atoms with van der Waals surface area (Å²) in [7, 11) is 0. The largest absolute Gasteiger partial charge is 0.502 e. The second kappa shape index (κ2) is 7.09. The van der Waals surface area contributed by atoms with Gasteiger partial charge in [-0.05, 0) is 44.3 Å². The van der Waals surface area contributed by atoms with Crippen molar-refractivity contribution in [2.45, 2.75) is 6.42 Å². The third kappa shape index (κ3) is 4.27. The molecule has 0 fully saturated rings. The summed E-state index contributed by atoms with van der Waals surface area (Å²) in [6, 6.07) is 1.80. The summed E-state index contributed by atoms with van der Waals surface area (Å²) in [6.07, 6.45) is 2.16. The van der Waals surface area contributed by atoms with Gasteiger partial charge in [-0.3, -0.25) is 4.79 Å². The first-order chi connectivity index (χ1) is 7.65. The van der Waals surface area contributed by atoms with Gasteiger partial charge in [0, 0.05) is 6.54 Å². The minimum Gasteiger partial charge on any atom is -0.502 e. The Kier molecular flexibility index (Phi) is 6.08. The van der Waals surface area contributed by atoms with Crippen LogP contribution in [0.3, 0.4) is 0 Å². The molecule has 1 amide bonds. The van der Waals surface area contributed by atoms with E-state index < -0.39 is 0 Å². The van der Waals surface area contributed by atoms with Crippen LogP contribution in [0, 0.1) is 0 Å². The Labute approximate surface area is 115 Å². The lowest BCUT2D eigenvalue weighted by Gasteiger charge is -2.03. The molecule has 0 spiro atoms. The number of nitrogens with one attached hydrogen (secondary N) is 1. The second-order valence-electron chi connectivity index (χ2n) is 2.88. The first-order valence-corrected chi connectivity index (χ1v) is 7.01. The van der Waals surface area contributed by atoms with Crippen molar-refractivity contribution in [2.24, 2.45) is 0 Å². The molecular formula is C10H11Br2NO2S. The number of hydrogen-bond acceptors (Lipinski definition) is 3. The minimum atomic E-state index is -0.0765. The van der Waals surface area contributed by atoms with Gasteiger partial charge in [0.15, 0.2) is 0 Å². The predicted octanol–water partition coefficient (Wildman–Crippen LogP) is 3.55. The highest BCUT2D eigenvalue weighted by Crippen LogP contribution is 2.31. The van der Waals surface area contributed by atoms with Crippen LogP contribution in [0.15, 0.2) is 26.5 Å². The first kappa shape index (κ1) is 13.7. The van der Waals surface area contributed by atoms with E-state index in [0.717, 1.165) is 14.0 Å². The molecule has 0 aromatic carbocycles. The van der Waals surface area contributed by atoms with Crippen LogP contribution in [0.4, 0.5) is 0 Å². The third-order valence-corrected chi connectivity index (χ3v) is 4.08. The molecule has 1 aromatic heterocycles. The number of rotatable bonds is 6. The van der Waals surface area contributed by atoms with Gasteiger partial charge in [0.25, 0.3) is 5.91 Å². The summed E-state index contributed by atoms with van der Waals surface area (Å²) in [5.41, 5.74) is 0.654. The van der Waals surface area contributed by atoms with Gasteiger partial charge in [0.05, 0.1) is 26.0 Å². The van der Waals surface area contributed by atoms with E-state index in [9.17, 15) is 4.79 Å². The zero-order chi connectivity index (χ0) is 12.0. The fraction of sp³-hybridized carbons (Fsp3) is 0.300. The van der Waals surface area contributed by atoms with Gasteiger partial charge in [-0.25, -0.2) is 0 Å². The van der Waals surface area contributed by atoms with Crippen molar-refractivity contribution < 1.29 is 9.53 Å². The zero-order valence-corrected chi connectivity index (χ0v) is 12.5. The van der Waals surface area contributed by atoms with Crippen LogP contribution in [-0.4, -0.2) is 19.1 Å². The maximum Gasteiger partial charge on any atom is 0.253 e. The van der Waals surface area contributed by atoms with Crippen molar-refractivity contribution in [2.75, 3.05) is 13.2 Å². The zero-order valence-electron chi connectivity index (χ0n) is 8.46. The lowest BCUT2D eigenvalue weighted by Crippen LogP contribution is -2.24. The topological polar surface area (TPSA) is 38.3 Å². The molecule has 0 saturated heterocycles. The van der Waals surface area contributed by atoms with E-state index in [1.165, 1.54) is 17.6 Å². The van der Waals surface area contributed by atoms with Gasteiger partial charge in [-0.2, -0.15) is 0 Å². The molecule has 1 rings (SSSR count). The quantitative estimate of drug-likeness (QED) is 0.615. The molecular weight excluding hydrogens is 358 g/mol. The Balaban J connectivity index is 2.35. The fourth-order valence-electron chi connectivity index (χ4n) is 1.03. The maximum atomic E-state index is 11.7. The summed E-state index contributed by atoms with van der Waals surface area (Å²) in [4.78, 5) is 11.7. The van der Waals surface area contributed by atoms with Crippen molar-refractivity contribution in [1.82, 2.24) is 5.32 Å². The van der Waals surface area contributed by atoms with Crippen LogP contribution < -0.4 is 5.32 Å². The van der Waals surface area contributed by atoms with Crippen LogP contribution >= 0.6 is 43.2 Å². The number of ether oxygens (including phenoxy) is 1. The van der Waals surface area contributed by atoms with Gasteiger partial charge in [0.1, 0.15) is 0 Å². The summed E-state index contributed by atoms with van der Waals surface area (Å²) in [6.45, 7) is 4.59. The molecule has 0 aliphatic rings. The molecule has 6 heteroatoms. The summed E-state index contributed by atoms with van der Waals surface area (Å²) >= 11 is 8.15. The van der Waals surface area contributed by atoms with Crippen molar-refractivity contribution in [1.29, 1.82) is 0 Å². The average molecular weight is 369 g/mol. The number of hydrogen-bond donors (Lipinski definition) is 1. The Bertz CT molecular complexity index is 379. The molecule has 0 saturated carbocycles. The number of carbonyl (C=O) groups excluding carboxylic acids is 1. The van der Waals surface area contributed by atoms with E-state index in [4.69, 9.17) is 4.74 Å². The Morgan fingerprint density at radius 1 is 1.62 bits per heavy atom. The SMILES string of the molecule is C=COCCCNC(=O)c1cc(Br)sc1Br. The first-order valence-electron chi connectivity index (χ1n) is 4.60. The van der Waals surface area contributed by atoms with Crippen molar-refractivity contribution in [3.05, 3.63) is 32.0 Å². The molecule has 1 aromatic rings. The molecule has 0 unspecified atom stereocenters. The molecule has 1 heterocycles.